The number of carbonyl (C=O) groups is 1. The Hall–Kier alpha value is -1.17. The molecule has 7 atom stereocenters. The van der Waals surface area contributed by atoms with Gasteiger partial charge in [0.1, 0.15) is 6.17 Å². The Morgan fingerprint density at radius 2 is 1.96 bits per heavy atom. The van der Waals surface area contributed by atoms with Crippen LogP contribution in [0.25, 0.3) is 0 Å². The Morgan fingerprint density at radius 3 is 2.67 bits per heavy atom. The van der Waals surface area contributed by atoms with Gasteiger partial charge in [0.15, 0.2) is 5.78 Å². The maximum absolute atomic E-state index is 14.9. The Labute approximate surface area is 144 Å². The number of rotatable bonds is 0. The number of nitriles is 1. The largest absolute Gasteiger partial charge is 0.295 e. The first-order valence-electron chi connectivity index (χ1n) is 9.58. The van der Waals surface area contributed by atoms with Crippen molar-refractivity contribution in [1.82, 2.24) is 0 Å². The molecule has 3 saturated carbocycles. The molecular formula is C21H28FNO. The summed E-state index contributed by atoms with van der Waals surface area (Å²) in [5.41, 5.74) is 0.131. The molecule has 3 fully saturated rings. The molecule has 24 heavy (non-hydrogen) atoms. The molecule has 0 aromatic heterocycles. The van der Waals surface area contributed by atoms with Gasteiger partial charge in [0.2, 0.25) is 0 Å². The van der Waals surface area contributed by atoms with E-state index in [9.17, 15) is 14.4 Å². The van der Waals surface area contributed by atoms with Crippen molar-refractivity contribution >= 4 is 5.78 Å². The Morgan fingerprint density at radius 1 is 1.21 bits per heavy atom. The SMILES string of the molecule is CC12CCCCC1=CC(=O)C1C2CCC2(C)C1C[C@@H](F)C2(C)C#N. The molecule has 4 aliphatic rings. The lowest BCUT2D eigenvalue weighted by Crippen LogP contribution is -2.54. The first kappa shape index (κ1) is 16.3. The van der Waals surface area contributed by atoms with Gasteiger partial charge in [-0.15, -0.1) is 0 Å². The van der Waals surface area contributed by atoms with E-state index in [0.29, 0.717) is 12.3 Å². The molecule has 0 N–H and O–H groups in total. The number of allylic oxidation sites excluding steroid dienone is 2. The fourth-order valence-corrected chi connectivity index (χ4v) is 6.86. The fraction of sp³-hybridized carbons (Fsp3) is 0.810. The Kier molecular flexibility index (Phi) is 3.35. The first-order valence-corrected chi connectivity index (χ1v) is 9.58. The van der Waals surface area contributed by atoms with E-state index in [4.69, 9.17) is 0 Å². The topological polar surface area (TPSA) is 40.9 Å². The maximum Gasteiger partial charge on any atom is 0.159 e. The van der Waals surface area contributed by atoms with E-state index in [-0.39, 0.29) is 28.4 Å². The van der Waals surface area contributed by atoms with Gasteiger partial charge in [-0.2, -0.15) is 5.26 Å². The second kappa shape index (κ2) is 4.93. The number of alkyl halides is 1. The monoisotopic (exact) mass is 329 g/mol. The van der Waals surface area contributed by atoms with Gasteiger partial charge in [0.25, 0.3) is 0 Å². The van der Waals surface area contributed by atoms with Crippen molar-refractivity contribution in [2.75, 3.05) is 0 Å². The van der Waals surface area contributed by atoms with E-state index in [1.54, 1.807) is 6.92 Å². The zero-order valence-electron chi connectivity index (χ0n) is 15.1. The van der Waals surface area contributed by atoms with Crippen LogP contribution in [0.4, 0.5) is 4.39 Å². The van der Waals surface area contributed by atoms with Gasteiger partial charge in [-0.25, -0.2) is 4.39 Å². The van der Waals surface area contributed by atoms with Gasteiger partial charge >= 0.3 is 0 Å². The Bertz CT molecular complexity index is 663. The van der Waals surface area contributed by atoms with Crippen molar-refractivity contribution in [3.05, 3.63) is 11.6 Å². The van der Waals surface area contributed by atoms with Crippen LogP contribution in [0.3, 0.4) is 0 Å². The third kappa shape index (κ3) is 1.73. The van der Waals surface area contributed by atoms with Crippen LogP contribution < -0.4 is 0 Å². The molecule has 0 amide bonds. The van der Waals surface area contributed by atoms with Crippen LogP contribution in [-0.4, -0.2) is 12.0 Å². The summed E-state index contributed by atoms with van der Waals surface area (Å²) in [4.78, 5) is 13.0. The molecular weight excluding hydrogens is 301 g/mol. The second-order valence-corrected chi connectivity index (χ2v) is 9.41. The van der Waals surface area contributed by atoms with Gasteiger partial charge in [-0.1, -0.05) is 25.8 Å². The summed E-state index contributed by atoms with van der Waals surface area (Å²) >= 11 is 0. The summed E-state index contributed by atoms with van der Waals surface area (Å²) in [5, 5.41) is 9.71. The van der Waals surface area contributed by atoms with E-state index >= 15 is 0 Å². The zero-order valence-corrected chi connectivity index (χ0v) is 15.1. The molecule has 6 unspecified atom stereocenters. The predicted molar refractivity (Wildman–Crippen MR) is 90.7 cm³/mol. The van der Waals surface area contributed by atoms with Crippen molar-refractivity contribution < 1.29 is 9.18 Å². The molecule has 0 bridgehead atoms. The highest BCUT2D eigenvalue weighted by atomic mass is 19.1. The standard InChI is InChI=1S/C21H28FNO/c1-19-8-5-4-6-13(19)10-16(24)18-14(19)7-9-20(2)15(18)11-17(22)21(20,3)12-23/h10,14-15,17-18H,4-9,11H2,1-3H3/t14?,15?,17-,18?,19?,20?,21?/m1/s1. The summed E-state index contributed by atoms with van der Waals surface area (Å²) in [6.07, 6.45) is 7.64. The predicted octanol–water partition coefficient (Wildman–Crippen LogP) is 5.00. The van der Waals surface area contributed by atoms with E-state index in [1.165, 1.54) is 18.4 Å². The number of fused-ring (bicyclic) bond motifs is 5. The van der Waals surface area contributed by atoms with Crippen molar-refractivity contribution in [1.29, 1.82) is 5.26 Å². The molecule has 0 saturated heterocycles. The molecule has 0 heterocycles. The number of nitrogens with zero attached hydrogens (tertiary/aromatic N) is 1. The molecule has 3 heteroatoms. The molecule has 0 aromatic rings. The molecule has 130 valence electrons. The second-order valence-electron chi connectivity index (χ2n) is 9.41. The van der Waals surface area contributed by atoms with Gasteiger partial charge in [-0.3, -0.25) is 4.79 Å². The lowest BCUT2D eigenvalue weighted by Gasteiger charge is -2.57. The van der Waals surface area contributed by atoms with Crippen LogP contribution in [0.5, 0.6) is 0 Å². The molecule has 4 rings (SSSR count). The number of hydrogen-bond acceptors (Lipinski definition) is 2. The average Bonchev–Trinajstić information content (AvgIpc) is 2.76. The minimum Gasteiger partial charge on any atom is -0.295 e. The van der Waals surface area contributed by atoms with E-state index in [0.717, 1.165) is 25.7 Å². The lowest BCUT2D eigenvalue weighted by molar-refractivity contribution is -0.134. The molecule has 0 aliphatic heterocycles. The lowest BCUT2D eigenvalue weighted by atomic mass is 9.46. The summed E-state index contributed by atoms with van der Waals surface area (Å²) < 4.78 is 14.9. The van der Waals surface area contributed by atoms with E-state index < -0.39 is 11.6 Å². The maximum atomic E-state index is 14.9. The van der Waals surface area contributed by atoms with Gasteiger partial charge in [0.05, 0.1) is 11.5 Å². The summed E-state index contributed by atoms with van der Waals surface area (Å²) in [7, 11) is 0. The van der Waals surface area contributed by atoms with Crippen molar-refractivity contribution in [2.24, 2.45) is 34.0 Å². The third-order valence-electron chi connectivity index (χ3n) is 8.76. The Balaban J connectivity index is 1.80. The van der Waals surface area contributed by atoms with Crippen LogP contribution in [0, 0.1) is 45.3 Å². The van der Waals surface area contributed by atoms with Crippen LogP contribution >= 0.6 is 0 Å². The molecule has 4 aliphatic carbocycles. The molecule has 0 aromatic carbocycles. The highest BCUT2D eigenvalue weighted by Gasteiger charge is 2.68. The smallest absolute Gasteiger partial charge is 0.159 e. The highest BCUT2D eigenvalue weighted by molar-refractivity contribution is 5.94. The summed E-state index contributed by atoms with van der Waals surface area (Å²) in [6, 6.07) is 2.30. The average molecular weight is 329 g/mol. The zero-order chi connectivity index (χ0) is 17.3. The quantitative estimate of drug-likeness (QED) is 0.628. The fourth-order valence-electron chi connectivity index (χ4n) is 6.86. The van der Waals surface area contributed by atoms with Gasteiger partial charge in [0, 0.05) is 5.92 Å². The third-order valence-corrected chi connectivity index (χ3v) is 8.76. The number of hydrogen-bond donors (Lipinski definition) is 0. The first-order chi connectivity index (χ1) is 11.3. The van der Waals surface area contributed by atoms with Crippen molar-refractivity contribution in [3.8, 4) is 6.07 Å². The summed E-state index contributed by atoms with van der Waals surface area (Å²) in [5.74, 6) is 0.500. The van der Waals surface area contributed by atoms with Crippen LogP contribution in [0.2, 0.25) is 0 Å². The summed E-state index contributed by atoms with van der Waals surface area (Å²) in [6.45, 7) is 6.21. The van der Waals surface area contributed by atoms with E-state index in [2.05, 4.69) is 19.9 Å². The molecule has 0 spiro atoms. The van der Waals surface area contributed by atoms with E-state index in [1.807, 2.05) is 6.08 Å². The van der Waals surface area contributed by atoms with Crippen LogP contribution in [-0.2, 0) is 4.79 Å². The number of ketones is 1. The number of carbonyl (C=O) groups excluding carboxylic acids is 1. The molecule has 0 radical (unpaired) electrons. The van der Waals surface area contributed by atoms with Crippen LogP contribution in [0.1, 0.15) is 65.7 Å². The molecule has 2 nitrogen and oxygen atoms in total. The van der Waals surface area contributed by atoms with Crippen molar-refractivity contribution in [3.63, 3.8) is 0 Å². The minimum absolute atomic E-state index is 0.0138. The van der Waals surface area contributed by atoms with Gasteiger partial charge in [-0.05, 0) is 74.2 Å². The van der Waals surface area contributed by atoms with Crippen molar-refractivity contribution in [2.45, 2.75) is 71.9 Å². The highest BCUT2D eigenvalue weighted by Crippen LogP contribution is 2.69. The van der Waals surface area contributed by atoms with Gasteiger partial charge < -0.3 is 0 Å². The number of halogens is 1. The van der Waals surface area contributed by atoms with Crippen LogP contribution in [0.15, 0.2) is 11.6 Å². The minimum atomic E-state index is -1.12. The normalized spacial score (nSPS) is 53.5.